The molecule has 108 valence electrons. The predicted molar refractivity (Wildman–Crippen MR) is 79.2 cm³/mol. The Morgan fingerprint density at radius 2 is 2.05 bits per heavy atom. The first-order chi connectivity index (χ1) is 9.55. The van der Waals surface area contributed by atoms with Gasteiger partial charge in [-0.3, -0.25) is 4.57 Å². The highest BCUT2D eigenvalue weighted by atomic mass is 35.5. The molecule has 0 amide bonds. The lowest BCUT2D eigenvalue weighted by molar-refractivity contribution is 0.0722. The Bertz CT molecular complexity index is 587. The third kappa shape index (κ3) is 3.58. The van der Waals surface area contributed by atoms with Crippen molar-refractivity contribution in [2.45, 2.75) is 0 Å². The minimum Gasteiger partial charge on any atom is -0.379 e. The third-order valence-electron chi connectivity index (χ3n) is 2.73. The summed E-state index contributed by atoms with van der Waals surface area (Å²) in [6.07, 6.45) is 0. The summed E-state index contributed by atoms with van der Waals surface area (Å²) in [5.74, 6) is 0. The number of hydrogen-bond acceptors (Lipinski definition) is 2. The van der Waals surface area contributed by atoms with E-state index in [0.717, 1.165) is 0 Å². The van der Waals surface area contributed by atoms with Gasteiger partial charge in [0, 0.05) is 28.6 Å². The fourth-order valence-corrected chi connectivity index (χ4v) is 3.65. The quantitative estimate of drug-likeness (QED) is 0.387. The molecular weight excluding hydrogens is 324 g/mol. The van der Waals surface area contributed by atoms with Gasteiger partial charge in [-0.15, -0.1) is 0 Å². The van der Waals surface area contributed by atoms with Crippen molar-refractivity contribution in [2.75, 3.05) is 31.4 Å². The average Bonchev–Trinajstić information content (AvgIpc) is 2.44. The van der Waals surface area contributed by atoms with Gasteiger partial charge in [0.1, 0.15) is 0 Å². The van der Waals surface area contributed by atoms with Crippen molar-refractivity contribution in [1.82, 2.24) is 4.67 Å². The lowest BCUT2D eigenvalue weighted by Gasteiger charge is -2.31. The van der Waals surface area contributed by atoms with Crippen LogP contribution in [0, 0.1) is 0 Å². The van der Waals surface area contributed by atoms with Crippen LogP contribution < -0.4 is 5.09 Å². The lowest BCUT2D eigenvalue weighted by atomic mass is 10.3. The van der Waals surface area contributed by atoms with Crippen LogP contribution in [0.3, 0.4) is 0 Å². The summed E-state index contributed by atoms with van der Waals surface area (Å²) in [5.41, 5.74) is 9.12. The number of rotatable bonds is 4. The number of nitrogens with one attached hydrogen (secondary N) is 1. The first-order valence-corrected chi connectivity index (χ1v) is 8.15. The molecule has 1 aromatic rings. The van der Waals surface area contributed by atoms with E-state index in [1.54, 1.807) is 16.8 Å². The van der Waals surface area contributed by atoms with Gasteiger partial charge in [-0.05, 0) is 23.7 Å². The number of halogens is 2. The van der Waals surface area contributed by atoms with E-state index >= 15 is 0 Å². The van der Waals surface area contributed by atoms with Crippen molar-refractivity contribution in [3.05, 3.63) is 38.7 Å². The zero-order valence-corrected chi connectivity index (χ0v) is 12.8. The molecule has 0 radical (unpaired) electrons. The predicted octanol–water partition coefficient (Wildman–Crippen LogP) is 4.16. The van der Waals surface area contributed by atoms with E-state index in [4.69, 9.17) is 33.5 Å². The zero-order valence-electron chi connectivity index (χ0n) is 10.4. The van der Waals surface area contributed by atoms with E-state index in [1.165, 1.54) is 6.07 Å². The molecule has 7 nitrogen and oxygen atoms in total. The summed E-state index contributed by atoms with van der Waals surface area (Å²) in [7, 11) is -3.44. The van der Waals surface area contributed by atoms with Crippen molar-refractivity contribution >= 4 is 36.5 Å². The van der Waals surface area contributed by atoms with E-state index in [0.29, 0.717) is 42.0 Å². The molecule has 0 bridgehead atoms. The second kappa shape index (κ2) is 6.68. The van der Waals surface area contributed by atoms with Gasteiger partial charge in [0.15, 0.2) is 0 Å². The Labute approximate surface area is 126 Å². The Morgan fingerprint density at radius 1 is 1.35 bits per heavy atom. The smallest absolute Gasteiger partial charge is 0.324 e. The van der Waals surface area contributed by atoms with Crippen molar-refractivity contribution < 1.29 is 9.30 Å². The van der Waals surface area contributed by atoms with Gasteiger partial charge < -0.3 is 9.82 Å². The summed E-state index contributed by atoms with van der Waals surface area (Å²) in [4.78, 5) is 6.12. The molecule has 0 spiro atoms. The molecule has 20 heavy (non-hydrogen) atoms. The number of morpholine rings is 1. The largest absolute Gasteiger partial charge is 0.379 e. The average molecular weight is 336 g/mol. The number of azide groups is 1. The summed E-state index contributed by atoms with van der Waals surface area (Å²) in [5, 5.41) is 3.47. The lowest BCUT2D eigenvalue weighted by Crippen LogP contribution is -2.35. The summed E-state index contributed by atoms with van der Waals surface area (Å²) >= 11 is 11.7. The molecule has 0 aliphatic carbocycles. The van der Waals surface area contributed by atoms with Crippen LogP contribution in [0.25, 0.3) is 10.4 Å². The van der Waals surface area contributed by atoms with Crippen molar-refractivity contribution in [3.63, 3.8) is 0 Å². The van der Waals surface area contributed by atoms with Crippen LogP contribution in [0.1, 0.15) is 0 Å². The molecule has 1 aliphatic rings. The van der Waals surface area contributed by atoms with Gasteiger partial charge in [0.05, 0.1) is 23.3 Å². The first-order valence-electron chi connectivity index (χ1n) is 5.78. The maximum absolute atomic E-state index is 12.8. The van der Waals surface area contributed by atoms with Crippen LogP contribution in [-0.2, 0) is 9.30 Å². The van der Waals surface area contributed by atoms with Gasteiger partial charge in [0.25, 0.3) is 0 Å². The highest BCUT2D eigenvalue weighted by Crippen LogP contribution is 2.51. The molecule has 10 heteroatoms. The van der Waals surface area contributed by atoms with Crippen LogP contribution in [0.2, 0.25) is 10.0 Å². The van der Waals surface area contributed by atoms with Crippen LogP contribution in [0.4, 0.5) is 5.69 Å². The minimum absolute atomic E-state index is 0.325. The minimum atomic E-state index is -3.44. The fourth-order valence-electron chi connectivity index (χ4n) is 1.76. The van der Waals surface area contributed by atoms with Gasteiger partial charge in [0.2, 0.25) is 0 Å². The standard InChI is InChI=1S/C10H12Cl2N5O2P/c11-9-2-1-8(7-10(9)12)14-20(18,16-15-13)17-3-5-19-6-4-17/h1-2,7H,3-6H2,(H,14,18). The summed E-state index contributed by atoms with van der Waals surface area (Å²) < 4.78 is 19.6. The van der Waals surface area contributed by atoms with Crippen LogP contribution in [0.5, 0.6) is 0 Å². The van der Waals surface area contributed by atoms with Crippen LogP contribution >= 0.6 is 30.8 Å². The van der Waals surface area contributed by atoms with Gasteiger partial charge in [-0.1, -0.05) is 23.2 Å². The van der Waals surface area contributed by atoms with Gasteiger partial charge >= 0.3 is 7.59 Å². The number of nitrogens with zero attached hydrogens (tertiary/aromatic N) is 4. The van der Waals surface area contributed by atoms with E-state index in [-0.39, 0.29) is 0 Å². The van der Waals surface area contributed by atoms with Gasteiger partial charge in [-0.2, -0.15) is 0 Å². The zero-order chi connectivity index (χ0) is 14.6. The molecule has 0 aromatic heterocycles. The molecule has 0 saturated carbocycles. The van der Waals surface area contributed by atoms with E-state index in [9.17, 15) is 4.57 Å². The van der Waals surface area contributed by atoms with Gasteiger partial charge in [-0.25, -0.2) is 4.67 Å². The second-order valence-electron chi connectivity index (χ2n) is 4.03. The second-order valence-corrected chi connectivity index (χ2v) is 6.90. The van der Waals surface area contributed by atoms with Crippen molar-refractivity contribution in [3.8, 4) is 0 Å². The third-order valence-corrected chi connectivity index (χ3v) is 5.50. The van der Waals surface area contributed by atoms with Crippen molar-refractivity contribution in [2.24, 2.45) is 4.88 Å². The maximum atomic E-state index is 12.8. The Morgan fingerprint density at radius 3 is 2.65 bits per heavy atom. The van der Waals surface area contributed by atoms with E-state index in [2.05, 4.69) is 14.9 Å². The topological polar surface area (TPSA) is 90.3 Å². The summed E-state index contributed by atoms with van der Waals surface area (Å²) in [6.45, 7) is 1.72. The number of hydrogen-bond donors (Lipinski definition) is 1. The fraction of sp³-hybridized carbons (Fsp3) is 0.400. The molecular formula is C10H12Cl2N5O2P. The van der Waals surface area contributed by atoms with Crippen LogP contribution in [-0.4, -0.2) is 31.0 Å². The molecule has 1 saturated heterocycles. The first kappa shape index (κ1) is 15.4. The number of ether oxygens (including phenoxy) is 1. The molecule has 1 aromatic carbocycles. The van der Waals surface area contributed by atoms with Crippen LogP contribution in [0.15, 0.2) is 23.1 Å². The highest BCUT2D eigenvalue weighted by Gasteiger charge is 2.31. The Hall–Kier alpha value is -0.940. The normalized spacial score (nSPS) is 18.9. The molecule has 1 atom stereocenters. The number of anilines is 1. The molecule has 2 rings (SSSR count). The SMILES string of the molecule is [N-]=[N+]=NP(=O)(Nc1ccc(Cl)c(Cl)c1)N1CCOCC1. The molecule has 1 fully saturated rings. The monoisotopic (exact) mass is 335 g/mol. The van der Waals surface area contributed by atoms with E-state index in [1.807, 2.05) is 0 Å². The molecule has 1 aliphatic heterocycles. The summed E-state index contributed by atoms with van der Waals surface area (Å²) in [6, 6.07) is 4.73. The van der Waals surface area contributed by atoms with E-state index < -0.39 is 7.59 Å². The Kier molecular flexibility index (Phi) is 5.16. The highest BCUT2D eigenvalue weighted by molar-refractivity contribution is 7.61. The van der Waals surface area contributed by atoms with Crippen molar-refractivity contribution in [1.29, 1.82) is 0 Å². The number of benzene rings is 1. The molecule has 1 heterocycles. The Balaban J connectivity index is 2.26. The maximum Gasteiger partial charge on any atom is 0.324 e. The molecule has 1 N–H and O–H groups in total. The molecule has 1 unspecified atom stereocenters.